The van der Waals surface area contributed by atoms with Gasteiger partial charge < -0.3 is 5.32 Å². The van der Waals surface area contributed by atoms with E-state index < -0.39 is 0 Å². The molecule has 0 amide bonds. The van der Waals surface area contributed by atoms with Gasteiger partial charge in [0, 0.05) is 31.2 Å². The Hall–Kier alpha value is -0.380. The van der Waals surface area contributed by atoms with Crippen molar-refractivity contribution in [3.8, 4) is 0 Å². The first-order chi connectivity index (χ1) is 9.81. The normalized spacial score (nSPS) is 26.4. The van der Waals surface area contributed by atoms with Crippen molar-refractivity contribution >= 4 is 11.3 Å². The van der Waals surface area contributed by atoms with Crippen molar-refractivity contribution in [3.63, 3.8) is 0 Å². The van der Waals surface area contributed by atoms with Crippen LogP contribution in [0.4, 0.5) is 0 Å². The summed E-state index contributed by atoms with van der Waals surface area (Å²) >= 11 is 1.83. The summed E-state index contributed by atoms with van der Waals surface area (Å²) in [4.78, 5) is 2.79. The highest BCUT2D eigenvalue weighted by Gasteiger charge is 2.40. The summed E-state index contributed by atoms with van der Waals surface area (Å²) in [5, 5.41) is 8.42. The summed E-state index contributed by atoms with van der Waals surface area (Å²) in [6.07, 6.45) is 9.48. The van der Waals surface area contributed by atoms with Crippen LogP contribution in [0.25, 0.3) is 0 Å². The number of rotatable bonds is 5. The third kappa shape index (κ3) is 3.26. The second kappa shape index (κ2) is 6.59. The molecule has 1 spiro atoms. The molecule has 2 fully saturated rings. The van der Waals surface area contributed by atoms with E-state index in [-0.39, 0.29) is 0 Å². The molecule has 2 aliphatic rings. The number of hydrogen-bond acceptors (Lipinski definition) is 3. The zero-order valence-corrected chi connectivity index (χ0v) is 13.6. The van der Waals surface area contributed by atoms with Crippen LogP contribution in [-0.4, -0.2) is 36.1 Å². The summed E-state index contributed by atoms with van der Waals surface area (Å²) in [7, 11) is 0. The van der Waals surface area contributed by atoms with Crippen LogP contribution in [0.3, 0.4) is 0 Å². The van der Waals surface area contributed by atoms with Crippen LogP contribution in [0.15, 0.2) is 16.8 Å². The fraction of sp³-hybridized carbons (Fsp3) is 0.765. The average molecular weight is 292 g/mol. The zero-order chi connectivity index (χ0) is 13.8. The van der Waals surface area contributed by atoms with Gasteiger partial charge in [0.15, 0.2) is 0 Å². The molecule has 1 aromatic heterocycles. The number of hydrogen-bond donors (Lipinski definition) is 1. The van der Waals surface area contributed by atoms with E-state index in [1.807, 2.05) is 11.3 Å². The molecule has 20 heavy (non-hydrogen) atoms. The van der Waals surface area contributed by atoms with Gasteiger partial charge in [0.1, 0.15) is 0 Å². The molecule has 112 valence electrons. The lowest BCUT2D eigenvalue weighted by Crippen LogP contribution is -2.63. The van der Waals surface area contributed by atoms with Gasteiger partial charge in [-0.1, -0.05) is 26.2 Å². The first-order valence-corrected chi connectivity index (χ1v) is 9.26. The molecule has 1 saturated heterocycles. The van der Waals surface area contributed by atoms with Gasteiger partial charge >= 0.3 is 0 Å². The second-order valence-corrected chi connectivity index (χ2v) is 7.44. The molecule has 1 aliphatic heterocycles. The van der Waals surface area contributed by atoms with Crippen molar-refractivity contribution in [2.24, 2.45) is 0 Å². The summed E-state index contributed by atoms with van der Waals surface area (Å²) in [5.74, 6) is 0. The number of nitrogens with one attached hydrogen (secondary N) is 1. The number of thiophene rings is 1. The zero-order valence-electron chi connectivity index (χ0n) is 12.7. The Morgan fingerprint density at radius 1 is 1.40 bits per heavy atom. The Morgan fingerprint density at radius 2 is 2.25 bits per heavy atom. The van der Waals surface area contributed by atoms with E-state index in [0.717, 1.165) is 6.04 Å². The quantitative estimate of drug-likeness (QED) is 0.890. The second-order valence-electron chi connectivity index (χ2n) is 6.66. The van der Waals surface area contributed by atoms with Crippen LogP contribution in [0.2, 0.25) is 0 Å². The van der Waals surface area contributed by atoms with Gasteiger partial charge in [0.2, 0.25) is 0 Å². The van der Waals surface area contributed by atoms with Crippen molar-refractivity contribution in [1.82, 2.24) is 10.2 Å². The molecule has 1 aliphatic carbocycles. The molecule has 1 aromatic rings. The predicted molar refractivity (Wildman–Crippen MR) is 87.5 cm³/mol. The standard InChI is InChI=1S/C17H28N2S/c1-2-5-16-12-18-17(8-3-4-9-17)14-19(16)10-6-15-7-11-20-13-15/h7,11,13,16,18H,2-6,8-10,12,14H2,1H3. The van der Waals surface area contributed by atoms with E-state index in [0.29, 0.717) is 5.54 Å². The van der Waals surface area contributed by atoms with E-state index in [1.54, 1.807) is 0 Å². The molecule has 1 N–H and O–H groups in total. The minimum atomic E-state index is 0.457. The highest BCUT2D eigenvalue weighted by Crippen LogP contribution is 2.33. The third-order valence-corrected chi connectivity index (χ3v) is 5.92. The van der Waals surface area contributed by atoms with Gasteiger partial charge in [-0.2, -0.15) is 11.3 Å². The number of piperazine rings is 1. The molecule has 0 aromatic carbocycles. The lowest BCUT2D eigenvalue weighted by molar-refractivity contribution is 0.0765. The Morgan fingerprint density at radius 3 is 2.95 bits per heavy atom. The van der Waals surface area contributed by atoms with Crippen molar-refractivity contribution in [2.45, 2.75) is 63.5 Å². The van der Waals surface area contributed by atoms with Gasteiger partial charge in [-0.15, -0.1) is 0 Å². The van der Waals surface area contributed by atoms with Crippen LogP contribution in [0.1, 0.15) is 51.0 Å². The minimum Gasteiger partial charge on any atom is -0.308 e. The van der Waals surface area contributed by atoms with E-state index >= 15 is 0 Å². The first kappa shape index (κ1) is 14.6. The van der Waals surface area contributed by atoms with E-state index in [4.69, 9.17) is 0 Å². The predicted octanol–water partition coefficient (Wildman–Crippen LogP) is 3.68. The van der Waals surface area contributed by atoms with Crippen molar-refractivity contribution in [3.05, 3.63) is 22.4 Å². The number of nitrogens with zero attached hydrogens (tertiary/aromatic N) is 1. The van der Waals surface area contributed by atoms with E-state index in [1.165, 1.54) is 70.1 Å². The van der Waals surface area contributed by atoms with Gasteiger partial charge in [-0.3, -0.25) is 4.90 Å². The van der Waals surface area contributed by atoms with Gasteiger partial charge in [0.25, 0.3) is 0 Å². The lowest BCUT2D eigenvalue weighted by Gasteiger charge is -2.46. The van der Waals surface area contributed by atoms with Crippen LogP contribution >= 0.6 is 11.3 Å². The highest BCUT2D eigenvalue weighted by molar-refractivity contribution is 7.07. The molecule has 1 unspecified atom stereocenters. The summed E-state index contributed by atoms with van der Waals surface area (Å²) in [6.45, 7) is 6.04. The molecule has 2 heterocycles. The molecule has 1 atom stereocenters. The third-order valence-electron chi connectivity index (χ3n) is 5.19. The van der Waals surface area contributed by atoms with Gasteiger partial charge in [-0.05, 0) is 48.1 Å². The fourth-order valence-corrected chi connectivity index (χ4v) is 4.71. The first-order valence-electron chi connectivity index (χ1n) is 8.31. The van der Waals surface area contributed by atoms with Crippen LogP contribution in [0.5, 0.6) is 0 Å². The molecule has 3 heteroatoms. The Balaban J connectivity index is 1.62. The SMILES string of the molecule is CCCC1CNC2(CCCC2)CN1CCc1ccsc1. The topological polar surface area (TPSA) is 15.3 Å². The maximum absolute atomic E-state index is 3.91. The minimum absolute atomic E-state index is 0.457. The lowest BCUT2D eigenvalue weighted by atomic mass is 9.91. The Labute approximate surface area is 127 Å². The fourth-order valence-electron chi connectivity index (χ4n) is 4.01. The van der Waals surface area contributed by atoms with E-state index in [2.05, 4.69) is 34.0 Å². The molecular weight excluding hydrogens is 264 g/mol. The molecule has 0 radical (unpaired) electrons. The van der Waals surface area contributed by atoms with Crippen LogP contribution < -0.4 is 5.32 Å². The molecule has 1 saturated carbocycles. The Bertz CT molecular complexity index is 395. The van der Waals surface area contributed by atoms with Crippen LogP contribution in [0, 0.1) is 0 Å². The summed E-state index contributed by atoms with van der Waals surface area (Å²) in [5.41, 5.74) is 1.98. The smallest absolute Gasteiger partial charge is 0.0309 e. The van der Waals surface area contributed by atoms with Crippen molar-refractivity contribution < 1.29 is 0 Å². The monoisotopic (exact) mass is 292 g/mol. The van der Waals surface area contributed by atoms with Crippen molar-refractivity contribution in [1.29, 1.82) is 0 Å². The van der Waals surface area contributed by atoms with Gasteiger partial charge in [0.05, 0.1) is 0 Å². The summed E-state index contributed by atoms with van der Waals surface area (Å²) in [6, 6.07) is 3.04. The largest absolute Gasteiger partial charge is 0.308 e. The van der Waals surface area contributed by atoms with Crippen LogP contribution in [-0.2, 0) is 6.42 Å². The summed E-state index contributed by atoms with van der Waals surface area (Å²) < 4.78 is 0. The van der Waals surface area contributed by atoms with E-state index in [9.17, 15) is 0 Å². The highest BCUT2D eigenvalue weighted by atomic mass is 32.1. The van der Waals surface area contributed by atoms with Crippen molar-refractivity contribution in [2.75, 3.05) is 19.6 Å². The Kier molecular flexibility index (Phi) is 4.79. The van der Waals surface area contributed by atoms with Gasteiger partial charge in [-0.25, -0.2) is 0 Å². The maximum atomic E-state index is 3.91. The molecular formula is C17H28N2S. The maximum Gasteiger partial charge on any atom is 0.0309 e. The average Bonchev–Trinajstić information content (AvgIpc) is 3.12. The molecule has 3 rings (SSSR count). The molecule has 2 nitrogen and oxygen atoms in total. The molecule has 0 bridgehead atoms.